The molecule has 1 unspecified atom stereocenters. The van der Waals surface area contributed by atoms with Crippen LogP contribution in [0.2, 0.25) is 0 Å². The summed E-state index contributed by atoms with van der Waals surface area (Å²) in [6.07, 6.45) is 6.31. The van der Waals surface area contributed by atoms with Gasteiger partial charge in [0.25, 0.3) is 0 Å². The highest BCUT2D eigenvalue weighted by molar-refractivity contribution is 6.14. The minimum absolute atomic E-state index is 0.00560. The number of anilines is 2. The Morgan fingerprint density at radius 2 is 1.37 bits per heavy atom. The summed E-state index contributed by atoms with van der Waals surface area (Å²) in [7, 11) is 3.34. The summed E-state index contributed by atoms with van der Waals surface area (Å²) < 4.78 is 22.9. The van der Waals surface area contributed by atoms with Gasteiger partial charge in [0.2, 0.25) is 0 Å². The van der Waals surface area contributed by atoms with E-state index in [1.165, 1.54) is 11.1 Å². The molecule has 0 aromatic heterocycles. The van der Waals surface area contributed by atoms with E-state index >= 15 is 0 Å². The maximum absolute atomic E-state index is 13.0. The van der Waals surface area contributed by atoms with E-state index in [0.29, 0.717) is 29.3 Å². The van der Waals surface area contributed by atoms with Gasteiger partial charge in [0.15, 0.2) is 0 Å². The highest BCUT2D eigenvalue weighted by Gasteiger charge is 2.39. The van der Waals surface area contributed by atoms with Crippen LogP contribution >= 0.6 is 0 Å². The molecule has 4 aromatic carbocycles. The first-order valence-corrected chi connectivity index (χ1v) is 19.4. The van der Waals surface area contributed by atoms with Crippen molar-refractivity contribution in [3.8, 4) is 33.8 Å². The molecule has 2 aliphatic heterocycles. The second-order valence-electron chi connectivity index (χ2n) is 16.8. The summed E-state index contributed by atoms with van der Waals surface area (Å²) in [5, 5.41) is 3.64. The van der Waals surface area contributed by atoms with Gasteiger partial charge in [-0.25, -0.2) is 4.79 Å². The Bertz CT molecular complexity index is 2170. The lowest BCUT2D eigenvalue weighted by atomic mass is 9.83. The van der Waals surface area contributed by atoms with Gasteiger partial charge in [-0.1, -0.05) is 74.5 Å². The quantitative estimate of drug-likeness (QED) is 0.127. The van der Waals surface area contributed by atoms with Crippen LogP contribution in [0.3, 0.4) is 0 Å². The molecule has 300 valence electrons. The van der Waals surface area contributed by atoms with Gasteiger partial charge in [-0.2, -0.15) is 0 Å². The third kappa shape index (κ3) is 9.69. The number of aldehydes is 1. The zero-order chi connectivity index (χ0) is 41.7. The average molecular weight is 771 g/mol. The third-order valence-corrected chi connectivity index (χ3v) is 9.78. The fourth-order valence-electron chi connectivity index (χ4n) is 7.43. The molecule has 0 saturated heterocycles. The fraction of sp³-hybridized carbons (Fsp3) is 0.347. The summed E-state index contributed by atoms with van der Waals surface area (Å²) in [4.78, 5) is 26.5. The van der Waals surface area contributed by atoms with E-state index in [9.17, 15) is 9.59 Å². The van der Waals surface area contributed by atoms with Crippen molar-refractivity contribution in [2.24, 2.45) is 5.92 Å². The van der Waals surface area contributed by atoms with Crippen molar-refractivity contribution in [1.82, 2.24) is 0 Å². The number of nitrogens with one attached hydrogen (secondary N) is 1. The lowest BCUT2D eigenvalue weighted by Crippen LogP contribution is -2.50. The van der Waals surface area contributed by atoms with Crippen LogP contribution in [0.15, 0.2) is 110 Å². The van der Waals surface area contributed by atoms with Crippen molar-refractivity contribution in [3.63, 3.8) is 0 Å². The Morgan fingerprint density at radius 1 is 0.807 bits per heavy atom. The molecule has 57 heavy (non-hydrogen) atoms. The van der Waals surface area contributed by atoms with Gasteiger partial charge in [0.05, 0.1) is 43.7 Å². The van der Waals surface area contributed by atoms with E-state index in [-0.39, 0.29) is 11.6 Å². The van der Waals surface area contributed by atoms with Crippen LogP contribution in [0.25, 0.3) is 33.4 Å². The first-order chi connectivity index (χ1) is 26.9. The zero-order valence-corrected chi connectivity index (χ0v) is 35.4. The van der Waals surface area contributed by atoms with Crippen LogP contribution in [0.1, 0.15) is 73.4 Å². The van der Waals surface area contributed by atoms with Crippen LogP contribution in [0.4, 0.5) is 16.2 Å². The molecule has 0 aliphatic carbocycles. The van der Waals surface area contributed by atoms with Crippen LogP contribution in [-0.4, -0.2) is 56.0 Å². The van der Waals surface area contributed by atoms with E-state index in [1.807, 2.05) is 101 Å². The smallest absolute Gasteiger partial charge is 0.415 e. The number of nitrogens with zero attached hydrogens (tertiary/aromatic N) is 1. The van der Waals surface area contributed by atoms with Crippen LogP contribution in [0, 0.1) is 5.92 Å². The number of hydrogen-bond donors (Lipinski definition) is 1. The number of hydrogen-bond acceptors (Lipinski definition) is 7. The second kappa shape index (κ2) is 17.3. The van der Waals surface area contributed by atoms with Crippen molar-refractivity contribution >= 4 is 34.9 Å². The molecule has 1 N–H and O–H groups in total. The number of ether oxygens (including phenoxy) is 4. The molecule has 1 atom stereocenters. The van der Waals surface area contributed by atoms with Crippen molar-refractivity contribution in [1.29, 1.82) is 0 Å². The van der Waals surface area contributed by atoms with Crippen molar-refractivity contribution < 1.29 is 28.5 Å². The van der Waals surface area contributed by atoms with Crippen molar-refractivity contribution in [2.75, 3.05) is 31.0 Å². The lowest BCUT2D eigenvalue weighted by molar-refractivity contribution is -0.103. The molecule has 1 amide bonds. The molecule has 8 heteroatoms. The van der Waals surface area contributed by atoms with E-state index in [1.54, 1.807) is 25.2 Å². The number of amides is 1. The number of benzene rings is 4. The van der Waals surface area contributed by atoms with E-state index in [4.69, 9.17) is 18.9 Å². The van der Waals surface area contributed by atoms with Gasteiger partial charge in [-0.3, -0.25) is 9.69 Å². The standard InChI is InChI=1S/C25H31NO2.C24H27NO4/c1-7-14-28-24(17(2)3)21-16-25(4,5)26-22-13-12-18(15-20(21)22)19-10-8-9-11-23(19)27-6;1-23(2,3)29-22(27)25-20-12-11-16(18-9-7-8-10-21(18)28-6)13-19(20)17(15-26)14-24(25,4)5/h7-13,15-17,24,26H,1,14H2,2-6H3;7-15H,1-6H3. The van der Waals surface area contributed by atoms with Crippen LogP contribution in [-0.2, 0) is 14.3 Å². The van der Waals surface area contributed by atoms with Gasteiger partial charge < -0.3 is 24.3 Å². The summed E-state index contributed by atoms with van der Waals surface area (Å²) in [5.41, 5.74) is 7.99. The monoisotopic (exact) mass is 770 g/mol. The normalized spacial score (nSPS) is 15.6. The van der Waals surface area contributed by atoms with Gasteiger partial charge in [-0.05, 0) is 114 Å². The maximum Gasteiger partial charge on any atom is 0.415 e. The van der Waals surface area contributed by atoms with Crippen LogP contribution < -0.4 is 19.7 Å². The minimum Gasteiger partial charge on any atom is -0.496 e. The van der Waals surface area contributed by atoms with Crippen LogP contribution in [0.5, 0.6) is 11.5 Å². The number of carbonyl (C=O) groups excluding carboxylic acids is 2. The molecule has 0 fully saturated rings. The first-order valence-electron chi connectivity index (χ1n) is 19.4. The first kappa shape index (κ1) is 42.5. The molecule has 8 nitrogen and oxygen atoms in total. The largest absolute Gasteiger partial charge is 0.496 e. The highest BCUT2D eigenvalue weighted by atomic mass is 16.6. The predicted octanol–water partition coefficient (Wildman–Crippen LogP) is 11.7. The fourth-order valence-corrected chi connectivity index (χ4v) is 7.43. The summed E-state index contributed by atoms with van der Waals surface area (Å²) in [6, 6.07) is 28.1. The van der Waals surface area contributed by atoms with E-state index in [2.05, 4.69) is 69.9 Å². The molecule has 0 spiro atoms. The Kier molecular flexibility index (Phi) is 12.9. The summed E-state index contributed by atoms with van der Waals surface area (Å²) in [5.74, 6) is 1.97. The number of methoxy groups -OCH3 is 2. The molecule has 6 rings (SSSR count). The number of allylic oxidation sites excluding steroid dienone is 1. The molecule has 4 aromatic rings. The second-order valence-corrected chi connectivity index (χ2v) is 16.8. The SMILES string of the molecule is C=CCOC(C1=CC(C)(C)Nc2ccc(-c3ccccc3OC)cc21)C(C)C.COc1ccccc1-c1ccc2c(c1)C(C=O)=CC(C)(C)N2C(=O)OC(C)(C)C. The minimum atomic E-state index is -0.711. The summed E-state index contributed by atoms with van der Waals surface area (Å²) >= 11 is 0. The molecular weight excluding hydrogens is 713 g/mol. The number of fused-ring (bicyclic) bond motifs is 2. The van der Waals surface area contributed by atoms with Gasteiger partial charge in [-0.15, -0.1) is 6.58 Å². The number of carbonyl (C=O) groups is 2. The Balaban J connectivity index is 0.000000218. The summed E-state index contributed by atoms with van der Waals surface area (Å²) in [6.45, 7) is 22.4. The van der Waals surface area contributed by atoms with Crippen molar-refractivity contribution in [3.05, 3.63) is 121 Å². The molecule has 0 radical (unpaired) electrons. The highest BCUT2D eigenvalue weighted by Crippen LogP contribution is 2.44. The molecule has 0 bridgehead atoms. The molecular formula is C49H58N2O6. The van der Waals surface area contributed by atoms with E-state index in [0.717, 1.165) is 45.7 Å². The molecule has 0 saturated carbocycles. The topological polar surface area (TPSA) is 86.3 Å². The number of rotatable bonds is 10. The van der Waals surface area contributed by atoms with Gasteiger partial charge in [0.1, 0.15) is 23.4 Å². The van der Waals surface area contributed by atoms with Gasteiger partial charge >= 0.3 is 6.09 Å². The zero-order valence-electron chi connectivity index (χ0n) is 35.4. The average Bonchev–Trinajstić information content (AvgIpc) is 3.16. The Labute approximate surface area is 339 Å². The number of para-hydroxylation sites is 2. The third-order valence-electron chi connectivity index (χ3n) is 9.78. The van der Waals surface area contributed by atoms with Crippen molar-refractivity contribution in [2.45, 2.75) is 85.1 Å². The lowest BCUT2D eigenvalue weighted by Gasteiger charge is -2.41. The Hall–Kier alpha value is -5.60. The van der Waals surface area contributed by atoms with E-state index < -0.39 is 17.2 Å². The Morgan fingerprint density at radius 3 is 1.89 bits per heavy atom. The van der Waals surface area contributed by atoms with Gasteiger partial charge in [0, 0.05) is 33.5 Å². The molecule has 2 aliphatic rings. The predicted molar refractivity (Wildman–Crippen MR) is 234 cm³/mol. The maximum atomic E-state index is 13.0. The molecule has 2 heterocycles.